The summed E-state index contributed by atoms with van der Waals surface area (Å²) >= 11 is 3.75. The summed E-state index contributed by atoms with van der Waals surface area (Å²) in [7, 11) is 0. The average molecular weight is 353 g/mol. The minimum Gasteiger partial charge on any atom is -0.313 e. The molecule has 2 rings (SSSR count). The number of nitrogens with zero attached hydrogens (tertiary/aromatic N) is 1. The predicted molar refractivity (Wildman–Crippen MR) is 94.4 cm³/mol. The molecule has 0 amide bonds. The molecule has 1 aliphatic heterocycles. The summed E-state index contributed by atoms with van der Waals surface area (Å²) in [5.74, 6) is 0.823. The second kappa shape index (κ2) is 7.26. The largest absolute Gasteiger partial charge is 0.313 e. The maximum absolute atomic E-state index is 3.75. The Balaban J connectivity index is 1.95. The predicted octanol–water partition coefficient (Wildman–Crippen LogP) is 4.43. The summed E-state index contributed by atoms with van der Waals surface area (Å²) in [6.45, 7) is 14.7. The number of rotatable bonds is 5. The van der Waals surface area contributed by atoms with Gasteiger partial charge in [0, 0.05) is 24.1 Å². The van der Waals surface area contributed by atoms with Gasteiger partial charge in [-0.05, 0) is 48.0 Å². The molecular weight excluding hydrogens is 324 g/mol. The zero-order chi connectivity index (χ0) is 15.5. The van der Waals surface area contributed by atoms with Crippen molar-refractivity contribution in [2.45, 2.75) is 47.2 Å². The molecule has 0 aromatic heterocycles. The second-order valence-corrected chi connectivity index (χ2v) is 8.15. The van der Waals surface area contributed by atoms with Crippen molar-refractivity contribution in [2.75, 3.05) is 19.6 Å². The molecule has 21 heavy (non-hydrogen) atoms. The fourth-order valence-corrected chi connectivity index (χ4v) is 3.57. The SMILES string of the molecule is CCNCc1ccc(CN2CCC(C(C)(C)C)C2)c(Br)c1. The lowest BCUT2D eigenvalue weighted by atomic mass is 9.80. The van der Waals surface area contributed by atoms with E-state index in [1.807, 2.05) is 0 Å². The molecule has 2 nitrogen and oxygen atoms in total. The van der Waals surface area contributed by atoms with Crippen molar-refractivity contribution in [3.63, 3.8) is 0 Å². The van der Waals surface area contributed by atoms with Crippen LogP contribution < -0.4 is 5.32 Å². The Morgan fingerprint density at radius 3 is 2.67 bits per heavy atom. The highest BCUT2D eigenvalue weighted by Gasteiger charge is 2.31. The zero-order valence-electron chi connectivity index (χ0n) is 13.9. The highest BCUT2D eigenvalue weighted by molar-refractivity contribution is 9.10. The van der Waals surface area contributed by atoms with Crippen LogP contribution in [0.2, 0.25) is 0 Å². The maximum atomic E-state index is 3.75. The van der Waals surface area contributed by atoms with Crippen LogP contribution in [-0.2, 0) is 13.1 Å². The van der Waals surface area contributed by atoms with Crippen LogP contribution in [0.15, 0.2) is 22.7 Å². The topological polar surface area (TPSA) is 15.3 Å². The molecule has 1 saturated heterocycles. The van der Waals surface area contributed by atoms with Crippen LogP contribution in [0.3, 0.4) is 0 Å². The minimum atomic E-state index is 0.432. The lowest BCUT2D eigenvalue weighted by molar-refractivity contribution is 0.226. The molecule has 0 saturated carbocycles. The summed E-state index contributed by atoms with van der Waals surface area (Å²) in [5.41, 5.74) is 3.19. The first-order valence-electron chi connectivity index (χ1n) is 8.10. The van der Waals surface area contributed by atoms with E-state index < -0.39 is 0 Å². The van der Waals surface area contributed by atoms with Crippen LogP contribution in [0.4, 0.5) is 0 Å². The van der Waals surface area contributed by atoms with E-state index >= 15 is 0 Å². The normalized spacial score (nSPS) is 20.1. The van der Waals surface area contributed by atoms with Gasteiger partial charge in [0.2, 0.25) is 0 Å². The summed E-state index contributed by atoms with van der Waals surface area (Å²) in [5, 5.41) is 3.38. The highest BCUT2D eigenvalue weighted by Crippen LogP contribution is 2.34. The number of halogens is 1. The van der Waals surface area contributed by atoms with E-state index in [-0.39, 0.29) is 0 Å². The molecule has 1 aromatic rings. The second-order valence-electron chi connectivity index (χ2n) is 7.29. The van der Waals surface area contributed by atoms with Gasteiger partial charge in [-0.15, -0.1) is 0 Å². The van der Waals surface area contributed by atoms with Crippen LogP contribution in [0, 0.1) is 11.3 Å². The fourth-order valence-electron chi connectivity index (χ4n) is 3.02. The molecule has 0 radical (unpaired) electrons. The first-order valence-corrected chi connectivity index (χ1v) is 8.90. The standard InChI is InChI=1S/C18H29BrN2/c1-5-20-11-14-6-7-15(17(19)10-14)12-21-9-8-16(13-21)18(2,3)4/h6-7,10,16,20H,5,8-9,11-13H2,1-4H3. The number of likely N-dealkylation sites (tertiary alicyclic amines) is 1. The van der Waals surface area contributed by atoms with Crippen molar-refractivity contribution in [1.29, 1.82) is 0 Å². The monoisotopic (exact) mass is 352 g/mol. The first-order chi connectivity index (χ1) is 9.90. The van der Waals surface area contributed by atoms with Gasteiger partial charge in [-0.25, -0.2) is 0 Å². The number of nitrogens with one attached hydrogen (secondary N) is 1. The third kappa shape index (κ3) is 4.80. The van der Waals surface area contributed by atoms with Crippen LogP contribution in [0.5, 0.6) is 0 Å². The zero-order valence-corrected chi connectivity index (χ0v) is 15.5. The number of hydrogen-bond donors (Lipinski definition) is 1. The molecular formula is C18H29BrN2. The Labute approximate surface area is 138 Å². The van der Waals surface area contributed by atoms with E-state index in [1.54, 1.807) is 0 Å². The molecule has 1 aliphatic rings. The first kappa shape index (κ1) is 17.0. The van der Waals surface area contributed by atoms with E-state index in [1.165, 1.54) is 35.1 Å². The minimum absolute atomic E-state index is 0.432. The van der Waals surface area contributed by atoms with Gasteiger partial charge in [0.25, 0.3) is 0 Å². The molecule has 0 aliphatic carbocycles. The van der Waals surface area contributed by atoms with Gasteiger partial charge < -0.3 is 5.32 Å². The van der Waals surface area contributed by atoms with Crippen LogP contribution in [0.1, 0.15) is 45.2 Å². The van der Waals surface area contributed by atoms with Gasteiger partial charge >= 0.3 is 0 Å². The van der Waals surface area contributed by atoms with E-state index in [0.717, 1.165) is 25.6 Å². The van der Waals surface area contributed by atoms with Gasteiger partial charge in [-0.3, -0.25) is 4.90 Å². The van der Waals surface area contributed by atoms with Crippen molar-refractivity contribution in [3.05, 3.63) is 33.8 Å². The van der Waals surface area contributed by atoms with E-state index in [0.29, 0.717) is 5.41 Å². The summed E-state index contributed by atoms with van der Waals surface area (Å²) in [4.78, 5) is 2.60. The molecule has 1 aromatic carbocycles. The Kier molecular flexibility index (Phi) is 5.87. The maximum Gasteiger partial charge on any atom is 0.0245 e. The lowest BCUT2D eigenvalue weighted by Gasteiger charge is -2.27. The van der Waals surface area contributed by atoms with Crippen molar-refractivity contribution >= 4 is 15.9 Å². The third-order valence-corrected chi connectivity index (χ3v) is 5.33. The Morgan fingerprint density at radius 1 is 1.33 bits per heavy atom. The lowest BCUT2D eigenvalue weighted by Crippen LogP contribution is -2.25. The molecule has 0 bridgehead atoms. The smallest absolute Gasteiger partial charge is 0.0245 e. The van der Waals surface area contributed by atoms with Gasteiger partial charge in [0.1, 0.15) is 0 Å². The van der Waals surface area contributed by atoms with Gasteiger partial charge in [0.05, 0.1) is 0 Å². The fraction of sp³-hybridized carbons (Fsp3) is 0.667. The molecule has 1 atom stereocenters. The molecule has 3 heteroatoms. The highest BCUT2D eigenvalue weighted by atomic mass is 79.9. The summed E-state index contributed by atoms with van der Waals surface area (Å²) < 4.78 is 1.25. The van der Waals surface area contributed by atoms with Crippen molar-refractivity contribution in [2.24, 2.45) is 11.3 Å². The molecule has 1 fully saturated rings. The average Bonchev–Trinajstić information content (AvgIpc) is 2.88. The summed E-state index contributed by atoms with van der Waals surface area (Å²) in [6.07, 6.45) is 1.33. The van der Waals surface area contributed by atoms with Gasteiger partial charge in [0.15, 0.2) is 0 Å². The van der Waals surface area contributed by atoms with Crippen LogP contribution in [-0.4, -0.2) is 24.5 Å². The third-order valence-electron chi connectivity index (χ3n) is 4.59. The molecule has 118 valence electrons. The molecule has 1 N–H and O–H groups in total. The van der Waals surface area contributed by atoms with E-state index in [4.69, 9.17) is 0 Å². The Bertz CT molecular complexity index is 465. The van der Waals surface area contributed by atoms with E-state index in [2.05, 4.69) is 72.0 Å². The molecule has 1 unspecified atom stereocenters. The Morgan fingerprint density at radius 2 is 2.10 bits per heavy atom. The van der Waals surface area contributed by atoms with Crippen molar-refractivity contribution in [1.82, 2.24) is 10.2 Å². The van der Waals surface area contributed by atoms with Crippen molar-refractivity contribution < 1.29 is 0 Å². The summed E-state index contributed by atoms with van der Waals surface area (Å²) in [6, 6.07) is 6.79. The van der Waals surface area contributed by atoms with E-state index in [9.17, 15) is 0 Å². The number of benzene rings is 1. The number of hydrogen-bond acceptors (Lipinski definition) is 2. The quantitative estimate of drug-likeness (QED) is 0.843. The Hall–Kier alpha value is -0.380. The van der Waals surface area contributed by atoms with Crippen molar-refractivity contribution in [3.8, 4) is 0 Å². The van der Waals surface area contributed by atoms with Gasteiger partial charge in [-0.1, -0.05) is 55.8 Å². The molecule has 0 spiro atoms. The van der Waals surface area contributed by atoms with Crippen LogP contribution >= 0.6 is 15.9 Å². The van der Waals surface area contributed by atoms with Gasteiger partial charge in [-0.2, -0.15) is 0 Å². The van der Waals surface area contributed by atoms with Crippen LogP contribution in [0.25, 0.3) is 0 Å². The molecule has 1 heterocycles.